The molecular weight excluding hydrogens is 164 g/mol. The largest absolute Gasteiger partial charge is 0.550 e. The van der Waals surface area contributed by atoms with E-state index in [4.69, 9.17) is 5.73 Å². The summed E-state index contributed by atoms with van der Waals surface area (Å²) in [4.78, 5) is 30.6. The molecule has 0 rings (SSSR count). The Labute approximate surface area is 68.7 Å². The summed E-state index contributed by atoms with van der Waals surface area (Å²) in [6.07, 6.45) is -0.555. The number of carboxylic acids is 1. The van der Waals surface area contributed by atoms with Crippen LogP contribution in [0.4, 0.5) is 0 Å². The first-order valence-corrected chi connectivity index (χ1v) is 3.27. The van der Waals surface area contributed by atoms with Gasteiger partial charge in [0.15, 0.2) is 0 Å². The molecule has 0 spiro atoms. The van der Waals surface area contributed by atoms with Gasteiger partial charge in [-0.2, -0.15) is 0 Å². The molecule has 0 fully saturated rings. The maximum atomic E-state index is 10.6. The maximum Gasteiger partial charge on any atom is 0.236 e. The predicted octanol–water partition coefficient (Wildman–Crippen LogP) is -2.88. The van der Waals surface area contributed by atoms with Gasteiger partial charge in [0.1, 0.15) is 0 Å². The van der Waals surface area contributed by atoms with Crippen LogP contribution < -0.4 is 16.2 Å². The molecule has 0 aliphatic rings. The minimum Gasteiger partial charge on any atom is -0.550 e. The number of carbonyl (C=O) groups excluding carboxylic acids is 3. The van der Waals surface area contributed by atoms with Crippen LogP contribution in [-0.4, -0.2) is 24.3 Å². The molecule has 0 saturated heterocycles. The molecule has 0 aromatic rings. The van der Waals surface area contributed by atoms with E-state index in [1.165, 1.54) is 0 Å². The number of amides is 2. The molecular formula is C6H9N2O4-. The Bertz CT molecular complexity index is 182. The molecule has 0 aliphatic carbocycles. The lowest BCUT2D eigenvalue weighted by molar-refractivity contribution is -0.305. The van der Waals surface area contributed by atoms with E-state index in [0.29, 0.717) is 0 Å². The number of hydrogen-bond acceptors (Lipinski definition) is 4. The summed E-state index contributed by atoms with van der Waals surface area (Å²) in [5.41, 5.74) is 4.71. The molecule has 0 radical (unpaired) electrons. The fourth-order valence-electron chi connectivity index (χ4n) is 0.490. The lowest BCUT2D eigenvalue weighted by Crippen LogP contribution is -2.34. The van der Waals surface area contributed by atoms with Gasteiger partial charge in [0.05, 0.1) is 6.54 Å². The van der Waals surface area contributed by atoms with E-state index in [1.807, 2.05) is 0 Å². The number of nitrogens with two attached hydrogens (primary N) is 1. The summed E-state index contributed by atoms with van der Waals surface area (Å²) >= 11 is 0. The zero-order valence-electron chi connectivity index (χ0n) is 6.33. The highest BCUT2D eigenvalue weighted by atomic mass is 16.4. The van der Waals surface area contributed by atoms with Gasteiger partial charge in [-0.25, -0.2) is 0 Å². The highest BCUT2D eigenvalue weighted by Crippen LogP contribution is 1.85. The van der Waals surface area contributed by atoms with E-state index in [1.54, 1.807) is 0 Å². The summed E-state index contributed by atoms with van der Waals surface area (Å²) in [5, 5.41) is 12.0. The summed E-state index contributed by atoms with van der Waals surface area (Å²) in [5.74, 6) is -2.50. The number of carbonyl (C=O) groups is 3. The van der Waals surface area contributed by atoms with E-state index in [-0.39, 0.29) is 19.4 Å². The van der Waals surface area contributed by atoms with Crippen molar-refractivity contribution in [2.75, 3.05) is 6.54 Å². The lowest BCUT2D eigenvalue weighted by Gasteiger charge is -2.02. The zero-order valence-corrected chi connectivity index (χ0v) is 6.33. The standard InChI is InChI=1S/C6H10N2O4/c7-4(9)3-8-5(10)1-2-6(11)12/h1-3H2,(H2,7,9)(H,8,10)(H,11,12)/p-1. The van der Waals surface area contributed by atoms with Crippen LogP contribution >= 0.6 is 0 Å². The van der Waals surface area contributed by atoms with E-state index in [9.17, 15) is 19.5 Å². The highest BCUT2D eigenvalue weighted by Gasteiger charge is 2.01. The molecule has 0 saturated carbocycles. The zero-order chi connectivity index (χ0) is 9.56. The fourth-order valence-corrected chi connectivity index (χ4v) is 0.490. The molecule has 12 heavy (non-hydrogen) atoms. The highest BCUT2D eigenvalue weighted by molar-refractivity contribution is 5.85. The number of nitrogens with one attached hydrogen (secondary N) is 1. The quantitative estimate of drug-likeness (QED) is 0.464. The third-order valence-corrected chi connectivity index (χ3v) is 1.02. The van der Waals surface area contributed by atoms with E-state index >= 15 is 0 Å². The van der Waals surface area contributed by atoms with Gasteiger partial charge in [0.2, 0.25) is 11.8 Å². The molecule has 0 unspecified atom stereocenters. The van der Waals surface area contributed by atoms with E-state index < -0.39 is 17.8 Å². The van der Waals surface area contributed by atoms with Gasteiger partial charge in [-0.1, -0.05) is 0 Å². The van der Waals surface area contributed by atoms with Crippen LogP contribution in [0.25, 0.3) is 0 Å². The van der Waals surface area contributed by atoms with Crippen molar-refractivity contribution >= 4 is 17.8 Å². The third kappa shape index (κ3) is 6.53. The van der Waals surface area contributed by atoms with E-state index in [2.05, 4.69) is 5.32 Å². The second-order valence-corrected chi connectivity index (χ2v) is 2.12. The van der Waals surface area contributed by atoms with Gasteiger partial charge < -0.3 is 21.0 Å². The summed E-state index contributed by atoms with van der Waals surface area (Å²) in [6.45, 7) is -0.272. The molecule has 0 aromatic heterocycles. The molecule has 6 heteroatoms. The first-order valence-electron chi connectivity index (χ1n) is 3.27. The summed E-state index contributed by atoms with van der Waals surface area (Å²) < 4.78 is 0. The minimum absolute atomic E-state index is 0.199. The number of rotatable bonds is 5. The Balaban J connectivity index is 3.47. The van der Waals surface area contributed by atoms with Crippen molar-refractivity contribution in [2.45, 2.75) is 12.8 Å². The number of primary amides is 1. The normalized spacial score (nSPS) is 9.00. The van der Waals surface area contributed by atoms with Crippen molar-refractivity contribution in [3.8, 4) is 0 Å². The van der Waals surface area contributed by atoms with Gasteiger partial charge >= 0.3 is 0 Å². The second kappa shape index (κ2) is 5.11. The van der Waals surface area contributed by atoms with Gasteiger partial charge in [-0.3, -0.25) is 9.59 Å². The summed E-state index contributed by atoms with van der Waals surface area (Å²) in [6, 6.07) is 0. The number of hydrogen-bond donors (Lipinski definition) is 2. The molecule has 0 heterocycles. The average molecular weight is 173 g/mol. The maximum absolute atomic E-state index is 10.6. The topological polar surface area (TPSA) is 112 Å². The van der Waals surface area contributed by atoms with Crippen molar-refractivity contribution in [3.63, 3.8) is 0 Å². The van der Waals surface area contributed by atoms with Gasteiger partial charge in [0, 0.05) is 12.4 Å². The van der Waals surface area contributed by atoms with Crippen molar-refractivity contribution in [3.05, 3.63) is 0 Å². The van der Waals surface area contributed by atoms with Crippen LogP contribution in [0.5, 0.6) is 0 Å². The van der Waals surface area contributed by atoms with Crippen LogP contribution in [-0.2, 0) is 14.4 Å². The Kier molecular flexibility index (Phi) is 4.43. The van der Waals surface area contributed by atoms with Crippen LogP contribution in [0.1, 0.15) is 12.8 Å². The van der Waals surface area contributed by atoms with Crippen molar-refractivity contribution in [1.29, 1.82) is 0 Å². The van der Waals surface area contributed by atoms with Crippen molar-refractivity contribution in [2.24, 2.45) is 5.73 Å². The van der Waals surface area contributed by atoms with Crippen LogP contribution in [0.2, 0.25) is 0 Å². The average Bonchev–Trinajstić information content (AvgIpc) is 1.96. The number of carboxylic acid groups (broad SMARTS) is 1. The van der Waals surface area contributed by atoms with Crippen molar-refractivity contribution in [1.82, 2.24) is 5.32 Å². The Morgan fingerprint density at radius 2 is 1.83 bits per heavy atom. The van der Waals surface area contributed by atoms with Gasteiger partial charge in [-0.15, -0.1) is 0 Å². The minimum atomic E-state index is -1.30. The van der Waals surface area contributed by atoms with Crippen molar-refractivity contribution < 1.29 is 19.5 Å². The monoisotopic (exact) mass is 173 g/mol. The van der Waals surface area contributed by atoms with Gasteiger partial charge in [0.25, 0.3) is 0 Å². The molecule has 6 nitrogen and oxygen atoms in total. The SMILES string of the molecule is NC(=O)CNC(=O)CCC(=O)[O-]. The molecule has 68 valence electrons. The third-order valence-electron chi connectivity index (χ3n) is 1.02. The Morgan fingerprint density at radius 1 is 1.25 bits per heavy atom. The second-order valence-electron chi connectivity index (χ2n) is 2.12. The molecule has 2 amide bonds. The van der Waals surface area contributed by atoms with Gasteiger partial charge in [-0.05, 0) is 6.42 Å². The Hall–Kier alpha value is -1.59. The molecule has 0 aliphatic heterocycles. The smallest absolute Gasteiger partial charge is 0.236 e. The molecule has 0 atom stereocenters. The first-order chi connectivity index (χ1) is 5.52. The molecule has 0 bridgehead atoms. The summed E-state index contributed by atoms with van der Waals surface area (Å²) in [7, 11) is 0. The lowest BCUT2D eigenvalue weighted by atomic mass is 10.3. The van der Waals surface area contributed by atoms with Crippen LogP contribution in [0, 0.1) is 0 Å². The predicted molar refractivity (Wildman–Crippen MR) is 36.4 cm³/mol. The first kappa shape index (κ1) is 10.4. The fraction of sp³-hybridized carbons (Fsp3) is 0.500. The molecule has 3 N–H and O–H groups in total. The van der Waals surface area contributed by atoms with Crippen LogP contribution in [0.15, 0.2) is 0 Å². The van der Waals surface area contributed by atoms with Crippen LogP contribution in [0.3, 0.4) is 0 Å². The Morgan fingerprint density at radius 3 is 2.25 bits per heavy atom. The molecule has 0 aromatic carbocycles. The van der Waals surface area contributed by atoms with E-state index in [0.717, 1.165) is 0 Å². The number of aliphatic carboxylic acids is 1.